The van der Waals surface area contributed by atoms with Crippen molar-refractivity contribution in [1.82, 2.24) is 10.2 Å². The second-order valence-electron chi connectivity index (χ2n) is 2.69. The molecule has 1 saturated heterocycles. The lowest BCUT2D eigenvalue weighted by Gasteiger charge is -2.13. The van der Waals surface area contributed by atoms with Gasteiger partial charge >= 0.3 is 6.03 Å². The zero-order valence-electron chi connectivity index (χ0n) is 6.54. The molecule has 0 bridgehead atoms. The van der Waals surface area contributed by atoms with Crippen LogP contribution in [0.5, 0.6) is 0 Å². The van der Waals surface area contributed by atoms with Gasteiger partial charge in [0.1, 0.15) is 6.29 Å². The van der Waals surface area contributed by atoms with Crippen molar-refractivity contribution in [2.24, 2.45) is 5.92 Å². The first-order valence-electron chi connectivity index (χ1n) is 3.70. The first-order valence-corrected chi connectivity index (χ1v) is 3.70. The molecule has 62 valence electrons. The summed E-state index contributed by atoms with van der Waals surface area (Å²) < 4.78 is 0. The summed E-state index contributed by atoms with van der Waals surface area (Å²) in [6.07, 6.45) is 1.72. The highest BCUT2D eigenvalue weighted by molar-refractivity contribution is 5.74. The van der Waals surface area contributed by atoms with E-state index in [1.165, 1.54) is 0 Å². The maximum Gasteiger partial charge on any atom is 0.317 e. The van der Waals surface area contributed by atoms with Gasteiger partial charge in [0.05, 0.1) is 0 Å². The van der Waals surface area contributed by atoms with Gasteiger partial charge in [0.25, 0.3) is 0 Å². The van der Waals surface area contributed by atoms with Crippen LogP contribution in [0.15, 0.2) is 0 Å². The number of carbonyl (C=O) groups excluding carboxylic acids is 2. The van der Waals surface area contributed by atoms with Gasteiger partial charge in [-0.25, -0.2) is 4.79 Å². The molecule has 0 aromatic carbocycles. The second-order valence-corrected chi connectivity index (χ2v) is 2.69. The van der Waals surface area contributed by atoms with Crippen molar-refractivity contribution >= 4 is 12.3 Å². The van der Waals surface area contributed by atoms with Crippen LogP contribution in [0, 0.1) is 5.92 Å². The Morgan fingerprint density at radius 1 is 1.73 bits per heavy atom. The number of carbonyl (C=O) groups is 2. The monoisotopic (exact) mass is 156 g/mol. The highest BCUT2D eigenvalue weighted by atomic mass is 16.2. The predicted octanol–water partition coefficient (Wildman–Crippen LogP) is -0.153. The van der Waals surface area contributed by atoms with E-state index in [9.17, 15) is 9.59 Å². The Labute approximate surface area is 65.6 Å². The van der Waals surface area contributed by atoms with E-state index in [-0.39, 0.29) is 11.9 Å². The quantitative estimate of drug-likeness (QED) is 0.536. The molecule has 1 atom stereocenters. The number of urea groups is 1. The number of nitrogens with one attached hydrogen (secondary N) is 1. The third kappa shape index (κ3) is 1.69. The molecule has 1 heterocycles. The Morgan fingerprint density at radius 2 is 2.45 bits per heavy atom. The third-order valence-corrected chi connectivity index (χ3v) is 1.92. The molecule has 1 aliphatic rings. The van der Waals surface area contributed by atoms with Crippen molar-refractivity contribution in [2.75, 3.05) is 20.1 Å². The van der Waals surface area contributed by atoms with Gasteiger partial charge in [-0.3, -0.25) is 0 Å². The smallest absolute Gasteiger partial charge is 0.317 e. The van der Waals surface area contributed by atoms with Crippen molar-refractivity contribution < 1.29 is 9.59 Å². The van der Waals surface area contributed by atoms with Gasteiger partial charge in [-0.2, -0.15) is 0 Å². The largest absolute Gasteiger partial charge is 0.341 e. The minimum atomic E-state index is -0.0886. The number of hydrogen-bond donors (Lipinski definition) is 1. The number of hydrogen-bond acceptors (Lipinski definition) is 2. The maximum atomic E-state index is 11.0. The fraction of sp³-hybridized carbons (Fsp3) is 0.714. The van der Waals surface area contributed by atoms with Crippen LogP contribution in [0.3, 0.4) is 0 Å². The number of nitrogens with zero attached hydrogens (tertiary/aromatic N) is 1. The van der Waals surface area contributed by atoms with Crippen LogP contribution in [-0.4, -0.2) is 37.4 Å². The lowest BCUT2D eigenvalue weighted by atomic mass is 10.1. The molecule has 1 aliphatic heterocycles. The standard InChI is InChI=1S/C7H12N2O2/c1-8-7(11)9-3-2-6(4-9)5-10/h5-6H,2-4H2,1H3,(H,8,11). The lowest BCUT2D eigenvalue weighted by Crippen LogP contribution is -2.36. The Bertz CT molecular complexity index is 170. The van der Waals surface area contributed by atoms with Crippen molar-refractivity contribution in [2.45, 2.75) is 6.42 Å². The fourth-order valence-electron chi connectivity index (χ4n) is 1.24. The molecule has 11 heavy (non-hydrogen) atoms. The molecule has 0 radical (unpaired) electrons. The number of amides is 2. The van der Waals surface area contributed by atoms with Gasteiger partial charge in [-0.1, -0.05) is 0 Å². The summed E-state index contributed by atoms with van der Waals surface area (Å²) in [4.78, 5) is 22.9. The number of rotatable bonds is 1. The average Bonchev–Trinajstić information content (AvgIpc) is 2.50. The van der Waals surface area contributed by atoms with E-state index < -0.39 is 0 Å². The van der Waals surface area contributed by atoms with Gasteiger partial charge < -0.3 is 15.0 Å². The van der Waals surface area contributed by atoms with Gasteiger partial charge in [0.15, 0.2) is 0 Å². The Balaban J connectivity index is 2.41. The van der Waals surface area contributed by atoms with Crippen LogP contribution < -0.4 is 5.32 Å². The average molecular weight is 156 g/mol. The maximum absolute atomic E-state index is 11.0. The summed E-state index contributed by atoms with van der Waals surface area (Å²) in [6, 6.07) is -0.0886. The van der Waals surface area contributed by atoms with Crippen molar-refractivity contribution in [3.05, 3.63) is 0 Å². The van der Waals surface area contributed by atoms with E-state index in [1.807, 2.05) is 0 Å². The van der Waals surface area contributed by atoms with Gasteiger partial charge in [0, 0.05) is 26.1 Å². The van der Waals surface area contributed by atoms with Gasteiger partial charge in [-0.15, -0.1) is 0 Å². The Kier molecular flexibility index (Phi) is 2.46. The minimum absolute atomic E-state index is 0.0484. The summed E-state index contributed by atoms with van der Waals surface area (Å²) in [5, 5.41) is 2.52. The number of aldehydes is 1. The van der Waals surface area contributed by atoms with Crippen LogP contribution in [0.2, 0.25) is 0 Å². The fourth-order valence-corrected chi connectivity index (χ4v) is 1.24. The first-order chi connectivity index (χ1) is 5.27. The minimum Gasteiger partial charge on any atom is -0.341 e. The molecule has 4 nitrogen and oxygen atoms in total. The zero-order valence-corrected chi connectivity index (χ0v) is 6.54. The first kappa shape index (κ1) is 8.04. The molecule has 0 aliphatic carbocycles. The molecule has 0 aromatic rings. The summed E-state index contributed by atoms with van der Waals surface area (Å²) in [6.45, 7) is 1.27. The molecule has 2 amide bonds. The molecule has 4 heteroatoms. The second kappa shape index (κ2) is 3.37. The molecule has 1 N–H and O–H groups in total. The predicted molar refractivity (Wildman–Crippen MR) is 40.2 cm³/mol. The Hall–Kier alpha value is -1.06. The topological polar surface area (TPSA) is 49.4 Å². The van der Waals surface area contributed by atoms with E-state index in [4.69, 9.17) is 0 Å². The van der Waals surface area contributed by atoms with Crippen molar-refractivity contribution in [3.8, 4) is 0 Å². The lowest BCUT2D eigenvalue weighted by molar-refractivity contribution is -0.110. The van der Waals surface area contributed by atoms with E-state index in [1.54, 1.807) is 11.9 Å². The van der Waals surface area contributed by atoms with E-state index in [0.29, 0.717) is 13.1 Å². The highest BCUT2D eigenvalue weighted by Gasteiger charge is 2.24. The SMILES string of the molecule is CNC(=O)N1CCC(C=O)C1. The zero-order chi connectivity index (χ0) is 8.27. The number of likely N-dealkylation sites (tertiary alicyclic amines) is 1. The van der Waals surface area contributed by atoms with E-state index >= 15 is 0 Å². The van der Waals surface area contributed by atoms with Crippen molar-refractivity contribution in [1.29, 1.82) is 0 Å². The van der Waals surface area contributed by atoms with Crippen LogP contribution in [-0.2, 0) is 4.79 Å². The van der Waals surface area contributed by atoms with Crippen LogP contribution in [0.1, 0.15) is 6.42 Å². The highest BCUT2D eigenvalue weighted by Crippen LogP contribution is 2.12. The normalized spacial score (nSPS) is 23.4. The summed E-state index contributed by atoms with van der Waals surface area (Å²) in [7, 11) is 1.59. The molecule has 0 aromatic heterocycles. The molecule has 1 fully saturated rings. The molecule has 0 saturated carbocycles. The van der Waals surface area contributed by atoms with E-state index in [0.717, 1.165) is 12.7 Å². The third-order valence-electron chi connectivity index (χ3n) is 1.92. The van der Waals surface area contributed by atoms with Crippen LogP contribution >= 0.6 is 0 Å². The molecule has 1 rings (SSSR count). The molecular formula is C7H12N2O2. The molecule has 1 unspecified atom stereocenters. The molecular weight excluding hydrogens is 144 g/mol. The van der Waals surface area contributed by atoms with Crippen LogP contribution in [0.4, 0.5) is 4.79 Å². The summed E-state index contributed by atoms with van der Waals surface area (Å²) in [5.41, 5.74) is 0. The summed E-state index contributed by atoms with van der Waals surface area (Å²) >= 11 is 0. The molecule has 0 spiro atoms. The summed E-state index contributed by atoms with van der Waals surface area (Å²) in [5.74, 6) is 0.0484. The van der Waals surface area contributed by atoms with Crippen LogP contribution in [0.25, 0.3) is 0 Å². The van der Waals surface area contributed by atoms with E-state index in [2.05, 4.69) is 5.32 Å². The Morgan fingerprint density at radius 3 is 2.91 bits per heavy atom. The van der Waals surface area contributed by atoms with Gasteiger partial charge in [0.2, 0.25) is 0 Å². The van der Waals surface area contributed by atoms with Gasteiger partial charge in [-0.05, 0) is 6.42 Å². The van der Waals surface area contributed by atoms with Crippen molar-refractivity contribution in [3.63, 3.8) is 0 Å².